The van der Waals surface area contributed by atoms with Crippen LogP contribution in [0.1, 0.15) is 13.8 Å². The molecule has 0 atom stereocenters. The Morgan fingerprint density at radius 3 is 2.07 bits per heavy atom. The highest BCUT2D eigenvalue weighted by molar-refractivity contribution is 6.01. The number of rotatable bonds is 2. The van der Waals surface area contributed by atoms with Crippen molar-refractivity contribution in [2.75, 3.05) is 0 Å². The van der Waals surface area contributed by atoms with Crippen molar-refractivity contribution in [2.45, 2.75) is 19.6 Å². The van der Waals surface area contributed by atoms with Crippen LogP contribution in [0.4, 0.5) is 0 Å². The van der Waals surface area contributed by atoms with Crippen molar-refractivity contribution in [1.82, 2.24) is 0 Å². The van der Waals surface area contributed by atoms with E-state index in [0.29, 0.717) is 0 Å². The summed E-state index contributed by atoms with van der Waals surface area (Å²) < 4.78 is 9.46. The minimum Gasteiger partial charge on any atom is -0.411 e. The van der Waals surface area contributed by atoms with Crippen molar-refractivity contribution < 1.29 is 23.9 Å². The average molecular weight is 210 g/mol. The Bertz CT molecular complexity index is 348. The second-order valence-electron chi connectivity index (χ2n) is 2.94. The molecule has 0 saturated heterocycles. The number of esters is 2. The maximum Gasteiger partial charge on any atom is 0.340 e. The summed E-state index contributed by atoms with van der Waals surface area (Å²) in [5.41, 5.74) is 0. The quantitative estimate of drug-likeness (QED) is 0.490. The summed E-state index contributed by atoms with van der Waals surface area (Å²) in [5.74, 6) is -3.93. The monoisotopic (exact) mass is 210 g/mol. The highest BCUT2D eigenvalue weighted by atomic mass is 16.7. The molecule has 0 aromatic carbocycles. The molecule has 0 unspecified atom stereocenters. The van der Waals surface area contributed by atoms with Gasteiger partial charge in [-0.1, -0.05) is 12.2 Å². The van der Waals surface area contributed by atoms with Gasteiger partial charge in [-0.3, -0.25) is 14.4 Å². The van der Waals surface area contributed by atoms with E-state index in [0.717, 1.165) is 13.8 Å². The molecular formula is C10H10O5. The maximum atomic E-state index is 11.5. The fourth-order valence-corrected chi connectivity index (χ4v) is 1.14. The summed E-state index contributed by atoms with van der Waals surface area (Å²) >= 11 is 0. The first-order valence-electron chi connectivity index (χ1n) is 4.26. The molecule has 0 amide bonds. The first-order valence-corrected chi connectivity index (χ1v) is 4.26. The molecule has 0 aliphatic heterocycles. The third-order valence-corrected chi connectivity index (χ3v) is 1.61. The number of carbonyl (C=O) groups is 3. The second kappa shape index (κ2) is 4.08. The molecule has 0 heterocycles. The average Bonchev–Trinajstić information content (AvgIpc) is 2.08. The lowest BCUT2D eigenvalue weighted by atomic mass is 10.1. The van der Waals surface area contributed by atoms with Crippen molar-refractivity contribution in [3.63, 3.8) is 0 Å². The minimum absolute atomic E-state index is 0.601. The Morgan fingerprint density at radius 1 is 1.13 bits per heavy atom. The van der Waals surface area contributed by atoms with Crippen LogP contribution in [-0.2, 0) is 23.9 Å². The topological polar surface area (TPSA) is 69.7 Å². The molecule has 5 nitrogen and oxygen atoms in total. The number of allylic oxidation sites excluding steroid dienone is 2. The summed E-state index contributed by atoms with van der Waals surface area (Å²) in [6, 6.07) is 0. The normalized spacial score (nSPS) is 17.3. The summed E-state index contributed by atoms with van der Waals surface area (Å²) in [4.78, 5) is 33.1. The summed E-state index contributed by atoms with van der Waals surface area (Å²) in [7, 11) is 0. The van der Waals surface area contributed by atoms with Gasteiger partial charge in [-0.2, -0.15) is 0 Å². The SMILES string of the molecule is CC(=O)OC1(OC(C)=O)C=CC=CC1=O. The first-order chi connectivity index (χ1) is 6.96. The molecule has 0 aromatic heterocycles. The van der Waals surface area contributed by atoms with Gasteiger partial charge in [0.25, 0.3) is 0 Å². The van der Waals surface area contributed by atoms with Crippen molar-refractivity contribution in [3.8, 4) is 0 Å². The molecule has 1 rings (SSSR count). The van der Waals surface area contributed by atoms with Crippen LogP contribution in [-0.4, -0.2) is 23.5 Å². The Hall–Kier alpha value is -1.91. The molecule has 1 aliphatic rings. The van der Waals surface area contributed by atoms with Crippen LogP contribution >= 0.6 is 0 Å². The van der Waals surface area contributed by atoms with E-state index in [-0.39, 0.29) is 0 Å². The fraction of sp³-hybridized carbons (Fsp3) is 0.300. The number of carbonyl (C=O) groups excluding carboxylic acids is 3. The van der Waals surface area contributed by atoms with Crippen LogP contribution in [0.3, 0.4) is 0 Å². The molecule has 5 heteroatoms. The summed E-state index contributed by atoms with van der Waals surface area (Å²) in [5, 5.41) is 0. The molecule has 0 bridgehead atoms. The summed E-state index contributed by atoms with van der Waals surface area (Å²) in [6.45, 7) is 2.26. The third-order valence-electron chi connectivity index (χ3n) is 1.61. The van der Waals surface area contributed by atoms with Crippen molar-refractivity contribution >= 4 is 17.7 Å². The molecule has 0 radical (unpaired) electrons. The minimum atomic E-state index is -1.92. The lowest BCUT2D eigenvalue weighted by molar-refractivity contribution is -0.207. The Labute approximate surface area is 86.4 Å². The van der Waals surface area contributed by atoms with E-state index < -0.39 is 23.5 Å². The Morgan fingerprint density at radius 2 is 1.67 bits per heavy atom. The first kappa shape index (κ1) is 11.2. The zero-order valence-corrected chi connectivity index (χ0v) is 8.35. The standard InChI is InChI=1S/C10H10O5/c1-7(11)14-10(15-8(2)12)6-4-3-5-9(10)13/h3-6H,1-2H3. The van der Waals surface area contributed by atoms with Crippen LogP contribution in [0, 0.1) is 0 Å². The van der Waals surface area contributed by atoms with E-state index in [1.54, 1.807) is 0 Å². The van der Waals surface area contributed by atoms with Crippen LogP contribution in [0.25, 0.3) is 0 Å². The van der Waals surface area contributed by atoms with Gasteiger partial charge in [0.05, 0.1) is 0 Å². The second-order valence-corrected chi connectivity index (χ2v) is 2.94. The highest BCUT2D eigenvalue weighted by Crippen LogP contribution is 2.21. The van der Waals surface area contributed by atoms with E-state index in [1.807, 2.05) is 0 Å². The molecule has 80 valence electrons. The van der Waals surface area contributed by atoms with Crippen LogP contribution in [0.15, 0.2) is 24.3 Å². The van der Waals surface area contributed by atoms with E-state index in [4.69, 9.17) is 9.47 Å². The number of ketones is 1. The van der Waals surface area contributed by atoms with Gasteiger partial charge in [0.1, 0.15) is 0 Å². The van der Waals surface area contributed by atoms with Crippen LogP contribution in [0.2, 0.25) is 0 Å². The Balaban J connectivity index is 3.00. The van der Waals surface area contributed by atoms with Gasteiger partial charge < -0.3 is 9.47 Å². The van der Waals surface area contributed by atoms with E-state index in [9.17, 15) is 14.4 Å². The predicted octanol–water partition coefficient (Wildman–Crippen LogP) is 0.504. The predicted molar refractivity (Wildman–Crippen MR) is 49.6 cm³/mol. The van der Waals surface area contributed by atoms with Crippen LogP contribution < -0.4 is 0 Å². The number of hydrogen-bond acceptors (Lipinski definition) is 5. The molecule has 0 spiro atoms. The zero-order valence-electron chi connectivity index (χ0n) is 8.35. The van der Waals surface area contributed by atoms with Crippen molar-refractivity contribution in [1.29, 1.82) is 0 Å². The fourth-order valence-electron chi connectivity index (χ4n) is 1.14. The van der Waals surface area contributed by atoms with Gasteiger partial charge in [-0.25, -0.2) is 0 Å². The largest absolute Gasteiger partial charge is 0.411 e. The number of ether oxygens (including phenoxy) is 2. The van der Waals surface area contributed by atoms with Gasteiger partial charge >= 0.3 is 17.7 Å². The molecule has 15 heavy (non-hydrogen) atoms. The summed E-state index contributed by atoms with van der Waals surface area (Å²) in [6.07, 6.45) is 5.32. The van der Waals surface area contributed by atoms with E-state index in [2.05, 4.69) is 0 Å². The number of hydrogen-bond donors (Lipinski definition) is 0. The lowest BCUT2D eigenvalue weighted by Gasteiger charge is -2.27. The van der Waals surface area contributed by atoms with Gasteiger partial charge in [-0.15, -0.1) is 0 Å². The van der Waals surface area contributed by atoms with Crippen molar-refractivity contribution in [2.24, 2.45) is 0 Å². The molecule has 1 aliphatic carbocycles. The highest BCUT2D eigenvalue weighted by Gasteiger charge is 2.42. The lowest BCUT2D eigenvalue weighted by Crippen LogP contribution is -2.45. The smallest absolute Gasteiger partial charge is 0.340 e. The molecule has 0 aromatic rings. The van der Waals surface area contributed by atoms with Crippen molar-refractivity contribution in [3.05, 3.63) is 24.3 Å². The molecule has 0 N–H and O–H groups in total. The van der Waals surface area contributed by atoms with Gasteiger partial charge in [0, 0.05) is 19.9 Å². The zero-order chi connectivity index (χ0) is 11.5. The van der Waals surface area contributed by atoms with E-state index >= 15 is 0 Å². The molecule has 0 fully saturated rings. The van der Waals surface area contributed by atoms with Crippen LogP contribution in [0.5, 0.6) is 0 Å². The van der Waals surface area contributed by atoms with E-state index in [1.165, 1.54) is 24.3 Å². The molecular weight excluding hydrogens is 200 g/mol. The maximum absolute atomic E-state index is 11.5. The van der Waals surface area contributed by atoms with Gasteiger partial charge in [-0.05, 0) is 6.08 Å². The van der Waals surface area contributed by atoms with Gasteiger partial charge in [0.2, 0.25) is 5.78 Å². The Kier molecular flexibility index (Phi) is 3.04. The third kappa shape index (κ3) is 2.52. The van der Waals surface area contributed by atoms with Gasteiger partial charge in [0.15, 0.2) is 0 Å². The molecule has 0 saturated carbocycles.